The molecule has 0 bridgehead atoms. The van der Waals surface area contributed by atoms with Crippen LogP contribution < -0.4 is 5.32 Å². The van der Waals surface area contributed by atoms with Crippen LogP contribution in [0.4, 0.5) is 5.69 Å². The van der Waals surface area contributed by atoms with Gasteiger partial charge in [-0.05, 0) is 42.1 Å². The first kappa shape index (κ1) is 12.6. The third-order valence-corrected chi connectivity index (χ3v) is 3.51. The number of nitrogens with zero attached hydrogens (tertiary/aromatic N) is 2. The van der Waals surface area contributed by atoms with Crippen LogP contribution in [-0.4, -0.2) is 16.1 Å². The number of rotatable bonds is 2. The smallest absolute Gasteiger partial charge is 0.264 e. The number of pyridine rings is 1. The van der Waals surface area contributed by atoms with Crippen LogP contribution in [0.2, 0.25) is 0 Å². The van der Waals surface area contributed by atoms with Gasteiger partial charge in [-0.1, -0.05) is 24.3 Å². The highest BCUT2D eigenvalue weighted by atomic mass is 32.2. The fourth-order valence-corrected chi connectivity index (χ4v) is 2.52. The molecule has 2 heterocycles. The van der Waals surface area contributed by atoms with Gasteiger partial charge in [-0.25, -0.2) is 4.99 Å². The van der Waals surface area contributed by atoms with Crippen LogP contribution in [0, 0.1) is 0 Å². The van der Waals surface area contributed by atoms with Crippen LogP contribution in [0.25, 0.3) is 6.08 Å². The molecule has 1 fully saturated rings. The number of hydrogen-bond acceptors (Lipinski definition) is 4. The molecule has 1 aromatic carbocycles. The van der Waals surface area contributed by atoms with E-state index < -0.39 is 0 Å². The number of benzene rings is 1. The molecule has 0 atom stereocenters. The van der Waals surface area contributed by atoms with Gasteiger partial charge in [0.15, 0.2) is 5.17 Å². The molecular formula is C15H11N3OS. The molecular weight excluding hydrogens is 270 g/mol. The molecule has 0 unspecified atom stereocenters. The summed E-state index contributed by atoms with van der Waals surface area (Å²) in [7, 11) is 0. The zero-order valence-electron chi connectivity index (χ0n) is 10.5. The Kier molecular flexibility index (Phi) is 3.60. The fraction of sp³-hybridized carbons (Fsp3) is 0. The summed E-state index contributed by atoms with van der Waals surface area (Å²) >= 11 is 1.32. The van der Waals surface area contributed by atoms with Crippen molar-refractivity contribution in [2.24, 2.45) is 4.99 Å². The van der Waals surface area contributed by atoms with Gasteiger partial charge in [0.2, 0.25) is 0 Å². The Hall–Kier alpha value is -2.40. The number of carbonyl (C=O) groups excluding carboxylic acids is 1. The Bertz CT molecular complexity index is 681. The molecule has 1 N–H and O–H groups in total. The van der Waals surface area contributed by atoms with E-state index in [0.717, 1.165) is 11.4 Å². The third kappa shape index (κ3) is 2.95. The van der Waals surface area contributed by atoms with E-state index >= 15 is 0 Å². The number of aromatic nitrogens is 1. The number of hydrogen-bond donors (Lipinski definition) is 1. The molecule has 0 saturated carbocycles. The van der Waals surface area contributed by atoms with Crippen LogP contribution in [-0.2, 0) is 4.79 Å². The van der Waals surface area contributed by atoms with Gasteiger partial charge in [0.05, 0.1) is 16.3 Å². The number of thioether (sulfide) groups is 1. The van der Waals surface area contributed by atoms with E-state index in [1.807, 2.05) is 48.5 Å². The minimum absolute atomic E-state index is 0.143. The Morgan fingerprint density at radius 2 is 1.90 bits per heavy atom. The van der Waals surface area contributed by atoms with Crippen molar-refractivity contribution in [2.75, 3.05) is 0 Å². The molecule has 4 nitrogen and oxygen atoms in total. The normalized spacial score (nSPS) is 18.5. The van der Waals surface area contributed by atoms with E-state index in [9.17, 15) is 4.79 Å². The molecule has 1 saturated heterocycles. The van der Waals surface area contributed by atoms with Gasteiger partial charge >= 0.3 is 0 Å². The summed E-state index contributed by atoms with van der Waals surface area (Å²) in [6.07, 6.45) is 3.45. The van der Waals surface area contributed by atoms with Gasteiger partial charge in [0.25, 0.3) is 5.91 Å². The van der Waals surface area contributed by atoms with E-state index in [1.165, 1.54) is 11.8 Å². The number of para-hydroxylation sites is 1. The second-order valence-electron chi connectivity index (χ2n) is 4.07. The molecule has 1 aliphatic rings. The van der Waals surface area contributed by atoms with Gasteiger partial charge in [-0.15, -0.1) is 0 Å². The number of amidine groups is 1. The highest BCUT2D eigenvalue weighted by Gasteiger charge is 2.23. The topological polar surface area (TPSA) is 54.4 Å². The fourth-order valence-electron chi connectivity index (χ4n) is 1.70. The Morgan fingerprint density at radius 3 is 2.65 bits per heavy atom. The summed E-state index contributed by atoms with van der Waals surface area (Å²) in [4.78, 5) is 21.0. The van der Waals surface area contributed by atoms with Gasteiger partial charge in [0.1, 0.15) is 0 Å². The van der Waals surface area contributed by atoms with Crippen molar-refractivity contribution < 1.29 is 4.79 Å². The van der Waals surface area contributed by atoms with Crippen molar-refractivity contribution in [3.8, 4) is 0 Å². The number of nitrogens with one attached hydrogen (secondary N) is 1. The van der Waals surface area contributed by atoms with Crippen molar-refractivity contribution in [3.63, 3.8) is 0 Å². The Morgan fingerprint density at radius 1 is 1.10 bits per heavy atom. The summed E-state index contributed by atoms with van der Waals surface area (Å²) in [6.45, 7) is 0. The van der Waals surface area contributed by atoms with Crippen molar-refractivity contribution in [3.05, 3.63) is 65.3 Å². The van der Waals surface area contributed by atoms with Crippen LogP contribution in [0.15, 0.2) is 64.6 Å². The van der Waals surface area contributed by atoms with E-state index in [-0.39, 0.29) is 5.91 Å². The van der Waals surface area contributed by atoms with E-state index in [2.05, 4.69) is 15.3 Å². The molecule has 20 heavy (non-hydrogen) atoms. The molecule has 1 aliphatic heterocycles. The number of carbonyl (C=O) groups is 1. The first-order chi connectivity index (χ1) is 9.81. The Balaban J connectivity index is 1.83. The van der Waals surface area contributed by atoms with Gasteiger partial charge in [0, 0.05) is 6.20 Å². The summed E-state index contributed by atoms with van der Waals surface area (Å²) in [5.41, 5.74) is 1.57. The average molecular weight is 281 g/mol. The summed E-state index contributed by atoms with van der Waals surface area (Å²) in [5, 5.41) is 3.34. The highest BCUT2D eigenvalue weighted by molar-refractivity contribution is 8.18. The SMILES string of the molecule is O=C1NC(=Nc2ccccc2)S/C1=C/c1ccccn1. The van der Waals surface area contributed by atoms with Crippen LogP contribution >= 0.6 is 11.8 Å². The largest absolute Gasteiger partial charge is 0.300 e. The van der Waals surface area contributed by atoms with Gasteiger partial charge < -0.3 is 5.32 Å². The summed E-state index contributed by atoms with van der Waals surface area (Å²) < 4.78 is 0. The van der Waals surface area contributed by atoms with Crippen LogP contribution in [0.1, 0.15) is 5.69 Å². The van der Waals surface area contributed by atoms with Crippen molar-refractivity contribution in [2.45, 2.75) is 0 Å². The lowest BCUT2D eigenvalue weighted by molar-refractivity contribution is -0.115. The first-order valence-corrected chi connectivity index (χ1v) is 6.88. The maximum Gasteiger partial charge on any atom is 0.264 e. The molecule has 5 heteroatoms. The molecule has 0 radical (unpaired) electrons. The molecule has 1 aromatic heterocycles. The molecule has 3 rings (SSSR count). The van der Waals surface area contributed by atoms with E-state index in [1.54, 1.807) is 12.3 Å². The lowest BCUT2D eigenvalue weighted by atomic mass is 10.3. The zero-order valence-corrected chi connectivity index (χ0v) is 11.3. The first-order valence-electron chi connectivity index (χ1n) is 6.07. The minimum atomic E-state index is -0.143. The zero-order chi connectivity index (χ0) is 13.8. The molecule has 98 valence electrons. The third-order valence-electron chi connectivity index (χ3n) is 2.60. The summed E-state index contributed by atoms with van der Waals surface area (Å²) in [5.74, 6) is -0.143. The quantitative estimate of drug-likeness (QED) is 0.861. The van der Waals surface area contributed by atoms with Crippen LogP contribution in [0.3, 0.4) is 0 Å². The predicted octanol–water partition coefficient (Wildman–Crippen LogP) is 2.97. The maximum absolute atomic E-state index is 11.9. The minimum Gasteiger partial charge on any atom is -0.300 e. The predicted molar refractivity (Wildman–Crippen MR) is 81.5 cm³/mol. The summed E-state index contributed by atoms with van der Waals surface area (Å²) in [6, 6.07) is 15.1. The maximum atomic E-state index is 11.9. The van der Waals surface area contributed by atoms with E-state index in [4.69, 9.17) is 0 Å². The second kappa shape index (κ2) is 5.71. The lowest BCUT2D eigenvalue weighted by Gasteiger charge is -1.94. The standard InChI is InChI=1S/C15H11N3OS/c19-14-13(10-12-8-4-5-9-16-12)20-15(18-14)17-11-6-2-1-3-7-11/h1-10H,(H,17,18,19)/b13-10+. The van der Waals surface area contributed by atoms with Gasteiger partial charge in [-0.3, -0.25) is 9.78 Å². The highest BCUT2D eigenvalue weighted by Crippen LogP contribution is 2.27. The Labute approximate surface area is 120 Å². The monoisotopic (exact) mass is 281 g/mol. The molecule has 0 spiro atoms. The van der Waals surface area contributed by atoms with Crippen molar-refractivity contribution in [1.29, 1.82) is 0 Å². The average Bonchev–Trinajstić information content (AvgIpc) is 2.81. The molecule has 2 aromatic rings. The second-order valence-corrected chi connectivity index (χ2v) is 5.10. The lowest BCUT2D eigenvalue weighted by Crippen LogP contribution is -2.19. The van der Waals surface area contributed by atoms with Crippen LogP contribution in [0.5, 0.6) is 0 Å². The van der Waals surface area contributed by atoms with Crippen molar-refractivity contribution in [1.82, 2.24) is 10.3 Å². The van der Waals surface area contributed by atoms with E-state index in [0.29, 0.717) is 10.1 Å². The van der Waals surface area contributed by atoms with Crippen molar-refractivity contribution >= 4 is 34.6 Å². The molecule has 0 aliphatic carbocycles. The number of amides is 1. The number of aliphatic imine (C=N–C) groups is 1. The van der Waals surface area contributed by atoms with Gasteiger partial charge in [-0.2, -0.15) is 0 Å². The molecule has 1 amide bonds.